The van der Waals surface area contributed by atoms with Gasteiger partial charge in [0.25, 0.3) is 0 Å². The summed E-state index contributed by atoms with van der Waals surface area (Å²) in [6, 6.07) is 7.63. The van der Waals surface area contributed by atoms with Crippen molar-refractivity contribution in [2.75, 3.05) is 6.61 Å². The molecule has 104 valence electrons. The van der Waals surface area contributed by atoms with Crippen LogP contribution >= 0.6 is 0 Å². The zero-order valence-electron chi connectivity index (χ0n) is 12.7. The van der Waals surface area contributed by atoms with E-state index in [2.05, 4.69) is 58.1 Å². The number of fused-ring (bicyclic) bond motifs is 1. The van der Waals surface area contributed by atoms with Crippen LogP contribution in [0, 0.1) is 10.8 Å². The third-order valence-electron chi connectivity index (χ3n) is 5.65. The van der Waals surface area contributed by atoms with Crippen molar-refractivity contribution in [2.24, 2.45) is 10.8 Å². The van der Waals surface area contributed by atoms with Gasteiger partial charge in [-0.05, 0) is 34.9 Å². The van der Waals surface area contributed by atoms with Gasteiger partial charge in [-0.25, -0.2) is 0 Å². The molecule has 1 atom stereocenters. The molecule has 1 aliphatic carbocycles. The molecule has 1 aliphatic heterocycles. The van der Waals surface area contributed by atoms with Crippen LogP contribution in [0.25, 0.3) is 0 Å². The van der Waals surface area contributed by atoms with Crippen molar-refractivity contribution in [2.45, 2.75) is 53.1 Å². The molecule has 0 spiro atoms. The summed E-state index contributed by atoms with van der Waals surface area (Å²) < 4.78 is 5.57. The molecule has 0 bridgehead atoms. The van der Waals surface area contributed by atoms with Crippen LogP contribution in [0.2, 0.25) is 0 Å². The van der Waals surface area contributed by atoms with Crippen molar-refractivity contribution in [3.63, 3.8) is 0 Å². The fourth-order valence-electron chi connectivity index (χ4n) is 3.44. The zero-order valence-corrected chi connectivity index (χ0v) is 12.7. The molecule has 2 aliphatic rings. The van der Waals surface area contributed by atoms with E-state index < -0.39 is 0 Å². The lowest BCUT2D eigenvalue weighted by Gasteiger charge is -2.17. The minimum atomic E-state index is 0.390. The lowest BCUT2D eigenvalue weighted by atomic mass is 10.0. The van der Waals surface area contributed by atoms with Crippen LogP contribution < -0.4 is 10.1 Å². The molecule has 2 heteroatoms. The van der Waals surface area contributed by atoms with Gasteiger partial charge in [0.15, 0.2) is 0 Å². The molecule has 19 heavy (non-hydrogen) atoms. The van der Waals surface area contributed by atoms with Crippen molar-refractivity contribution < 1.29 is 4.74 Å². The van der Waals surface area contributed by atoms with E-state index in [-0.39, 0.29) is 0 Å². The monoisotopic (exact) mass is 259 g/mol. The molecule has 1 fully saturated rings. The first-order chi connectivity index (χ1) is 8.84. The number of ether oxygens (including phenoxy) is 1. The Bertz CT molecular complexity index is 490. The summed E-state index contributed by atoms with van der Waals surface area (Å²) in [6.07, 6.45) is 1.05. The number of hydrogen-bond donors (Lipinski definition) is 1. The predicted octanol–water partition coefficient (Wildman–Crippen LogP) is 3.71. The normalized spacial score (nSPS) is 24.7. The van der Waals surface area contributed by atoms with E-state index in [4.69, 9.17) is 4.74 Å². The highest BCUT2D eigenvalue weighted by molar-refractivity contribution is 5.40. The Morgan fingerprint density at radius 2 is 1.89 bits per heavy atom. The quantitative estimate of drug-likeness (QED) is 0.893. The van der Waals surface area contributed by atoms with Crippen LogP contribution in [-0.2, 0) is 6.42 Å². The molecule has 1 N–H and O–H groups in total. The standard InChI is InChI=1S/C17H25NO/c1-11(18-15-16(2,3)17(15,4)5)12-6-7-14-13(10-12)8-9-19-14/h6-7,10-11,15,18H,8-9H2,1-5H3. The van der Waals surface area contributed by atoms with E-state index in [1.54, 1.807) is 0 Å². The molecular weight excluding hydrogens is 234 g/mol. The minimum Gasteiger partial charge on any atom is -0.493 e. The van der Waals surface area contributed by atoms with Crippen molar-refractivity contribution in [1.82, 2.24) is 5.32 Å². The van der Waals surface area contributed by atoms with E-state index in [0.717, 1.165) is 18.8 Å². The summed E-state index contributed by atoms with van der Waals surface area (Å²) in [6.45, 7) is 12.5. The second-order valence-corrected chi connectivity index (χ2v) is 7.23. The molecule has 1 saturated carbocycles. The second-order valence-electron chi connectivity index (χ2n) is 7.23. The van der Waals surface area contributed by atoms with Crippen molar-refractivity contribution in [1.29, 1.82) is 0 Å². The van der Waals surface area contributed by atoms with Gasteiger partial charge in [-0.2, -0.15) is 0 Å². The van der Waals surface area contributed by atoms with Gasteiger partial charge in [-0.15, -0.1) is 0 Å². The lowest BCUT2D eigenvalue weighted by Crippen LogP contribution is -2.25. The molecule has 1 aromatic rings. The van der Waals surface area contributed by atoms with E-state index in [1.165, 1.54) is 11.1 Å². The van der Waals surface area contributed by atoms with Gasteiger partial charge in [0.1, 0.15) is 5.75 Å². The summed E-state index contributed by atoms with van der Waals surface area (Å²) >= 11 is 0. The van der Waals surface area contributed by atoms with Gasteiger partial charge in [0.2, 0.25) is 0 Å². The zero-order chi connectivity index (χ0) is 13.8. The third kappa shape index (κ3) is 1.88. The average molecular weight is 259 g/mol. The molecule has 3 rings (SSSR count). The highest BCUT2D eigenvalue weighted by Crippen LogP contribution is 2.63. The van der Waals surface area contributed by atoms with Crippen molar-refractivity contribution >= 4 is 0 Å². The molecule has 0 amide bonds. The van der Waals surface area contributed by atoms with Gasteiger partial charge in [-0.3, -0.25) is 0 Å². The van der Waals surface area contributed by atoms with Crippen LogP contribution in [0.4, 0.5) is 0 Å². The molecule has 1 unspecified atom stereocenters. The highest BCUT2D eigenvalue weighted by Gasteiger charge is 2.64. The molecule has 2 nitrogen and oxygen atoms in total. The summed E-state index contributed by atoms with van der Waals surface area (Å²) in [5, 5.41) is 3.80. The van der Waals surface area contributed by atoms with Crippen LogP contribution in [0.5, 0.6) is 5.75 Å². The van der Waals surface area contributed by atoms with Crippen LogP contribution in [0.3, 0.4) is 0 Å². The van der Waals surface area contributed by atoms with E-state index in [0.29, 0.717) is 22.9 Å². The Labute approximate surface area is 116 Å². The van der Waals surface area contributed by atoms with Gasteiger partial charge < -0.3 is 10.1 Å². The SMILES string of the molecule is CC(NC1C(C)(C)C1(C)C)c1ccc2c(c1)CCO2. The molecule has 0 saturated heterocycles. The largest absolute Gasteiger partial charge is 0.493 e. The Balaban J connectivity index is 1.73. The molecule has 0 aromatic heterocycles. The summed E-state index contributed by atoms with van der Waals surface area (Å²) in [7, 11) is 0. The Morgan fingerprint density at radius 1 is 1.21 bits per heavy atom. The van der Waals surface area contributed by atoms with Gasteiger partial charge in [0, 0.05) is 18.5 Å². The Morgan fingerprint density at radius 3 is 2.53 bits per heavy atom. The average Bonchev–Trinajstić information content (AvgIpc) is 2.76. The van der Waals surface area contributed by atoms with E-state index in [1.807, 2.05) is 0 Å². The first-order valence-corrected chi connectivity index (χ1v) is 7.36. The smallest absolute Gasteiger partial charge is 0.122 e. The van der Waals surface area contributed by atoms with Crippen molar-refractivity contribution in [3.8, 4) is 5.75 Å². The predicted molar refractivity (Wildman–Crippen MR) is 78.5 cm³/mol. The topological polar surface area (TPSA) is 21.3 Å². The molecule has 1 heterocycles. The molecule has 0 radical (unpaired) electrons. The highest BCUT2D eigenvalue weighted by atomic mass is 16.5. The maximum atomic E-state index is 5.57. The Kier molecular flexibility index (Phi) is 2.72. The number of benzene rings is 1. The van der Waals surface area contributed by atoms with Crippen LogP contribution in [-0.4, -0.2) is 12.6 Å². The van der Waals surface area contributed by atoms with E-state index >= 15 is 0 Å². The molecular formula is C17H25NO. The third-order valence-corrected chi connectivity index (χ3v) is 5.65. The number of hydrogen-bond acceptors (Lipinski definition) is 2. The maximum absolute atomic E-state index is 5.57. The first kappa shape index (κ1) is 13.0. The van der Waals surface area contributed by atoms with Crippen LogP contribution in [0.15, 0.2) is 18.2 Å². The summed E-state index contributed by atoms with van der Waals surface area (Å²) in [5.41, 5.74) is 3.52. The van der Waals surface area contributed by atoms with E-state index in [9.17, 15) is 0 Å². The first-order valence-electron chi connectivity index (χ1n) is 7.36. The van der Waals surface area contributed by atoms with Crippen LogP contribution in [0.1, 0.15) is 51.8 Å². The van der Waals surface area contributed by atoms with Gasteiger partial charge in [-0.1, -0.05) is 39.8 Å². The fraction of sp³-hybridized carbons (Fsp3) is 0.647. The minimum absolute atomic E-state index is 0.390. The molecule has 1 aromatic carbocycles. The summed E-state index contributed by atoms with van der Waals surface area (Å²) in [4.78, 5) is 0. The Hall–Kier alpha value is -1.02. The van der Waals surface area contributed by atoms with Crippen molar-refractivity contribution in [3.05, 3.63) is 29.3 Å². The van der Waals surface area contributed by atoms with Gasteiger partial charge >= 0.3 is 0 Å². The second kappa shape index (κ2) is 3.99. The lowest BCUT2D eigenvalue weighted by molar-refractivity contribution is 0.356. The summed E-state index contributed by atoms with van der Waals surface area (Å²) in [5.74, 6) is 1.07. The fourth-order valence-corrected chi connectivity index (χ4v) is 3.44. The van der Waals surface area contributed by atoms with Gasteiger partial charge in [0.05, 0.1) is 6.61 Å². The number of nitrogens with one attached hydrogen (secondary N) is 1. The maximum Gasteiger partial charge on any atom is 0.122 e. The number of rotatable bonds is 3.